The second kappa shape index (κ2) is 4.42. The molecule has 0 radical (unpaired) electrons. The Kier molecular flexibility index (Phi) is 2.75. The largest absolute Gasteiger partial charge is 0.389 e. The second-order valence-corrected chi connectivity index (χ2v) is 6.46. The van der Waals surface area contributed by atoms with Crippen molar-refractivity contribution in [1.82, 2.24) is 9.88 Å². The zero-order valence-electron chi connectivity index (χ0n) is 11.4. The van der Waals surface area contributed by atoms with Gasteiger partial charge in [-0.15, -0.1) is 0 Å². The van der Waals surface area contributed by atoms with E-state index in [4.69, 9.17) is 11.6 Å². The smallest absolute Gasteiger partial charge is 0.254 e. The van der Waals surface area contributed by atoms with Gasteiger partial charge in [-0.2, -0.15) is 0 Å². The van der Waals surface area contributed by atoms with E-state index in [0.29, 0.717) is 30.1 Å². The van der Waals surface area contributed by atoms with Crippen molar-refractivity contribution in [2.24, 2.45) is 5.92 Å². The number of aromatic nitrogens is 1. The fraction of sp³-hybridized carbons (Fsp3) is 0.375. The Morgan fingerprint density at radius 2 is 2.29 bits per heavy atom. The van der Waals surface area contributed by atoms with E-state index in [0.717, 1.165) is 17.3 Å². The maximum absolute atomic E-state index is 12.8. The minimum atomic E-state index is -0.495. The summed E-state index contributed by atoms with van der Waals surface area (Å²) in [4.78, 5) is 18.9. The molecule has 1 saturated carbocycles. The molecule has 1 aliphatic carbocycles. The van der Waals surface area contributed by atoms with Crippen LogP contribution in [0.1, 0.15) is 23.2 Å². The predicted octanol–water partition coefficient (Wildman–Crippen LogP) is 2.49. The fourth-order valence-electron chi connectivity index (χ4n) is 3.26. The first-order chi connectivity index (χ1) is 10.1. The van der Waals surface area contributed by atoms with Crippen LogP contribution >= 0.6 is 11.6 Å². The van der Waals surface area contributed by atoms with Gasteiger partial charge in [-0.05, 0) is 31.0 Å². The van der Waals surface area contributed by atoms with Gasteiger partial charge in [0.05, 0.1) is 16.7 Å². The minimum Gasteiger partial charge on any atom is -0.389 e. The van der Waals surface area contributed by atoms with E-state index in [1.165, 1.54) is 0 Å². The monoisotopic (exact) mass is 302 g/mol. The number of nitrogens with zero attached hydrogens (tertiary/aromatic N) is 2. The molecule has 1 aromatic heterocycles. The van der Waals surface area contributed by atoms with Crippen molar-refractivity contribution in [3.63, 3.8) is 0 Å². The summed E-state index contributed by atoms with van der Waals surface area (Å²) in [5.41, 5.74) is 0.890. The van der Waals surface area contributed by atoms with E-state index in [1.54, 1.807) is 24.4 Å². The van der Waals surface area contributed by atoms with Gasteiger partial charge in [0, 0.05) is 35.6 Å². The van der Waals surface area contributed by atoms with Crippen LogP contribution in [0.3, 0.4) is 0 Å². The molecule has 0 spiro atoms. The number of benzene rings is 1. The van der Waals surface area contributed by atoms with Crippen LogP contribution in [0.4, 0.5) is 0 Å². The number of likely N-dealkylation sites (tertiary alicyclic amines) is 1. The van der Waals surface area contributed by atoms with Gasteiger partial charge in [0.25, 0.3) is 5.91 Å². The number of hydrogen-bond acceptors (Lipinski definition) is 3. The van der Waals surface area contributed by atoms with Crippen molar-refractivity contribution in [3.05, 3.63) is 41.0 Å². The third-order valence-corrected chi connectivity index (χ3v) is 4.91. The van der Waals surface area contributed by atoms with Crippen molar-refractivity contribution in [2.75, 3.05) is 13.1 Å². The summed E-state index contributed by atoms with van der Waals surface area (Å²) < 4.78 is 0. The van der Waals surface area contributed by atoms with Crippen LogP contribution < -0.4 is 0 Å². The Labute approximate surface area is 127 Å². The van der Waals surface area contributed by atoms with Gasteiger partial charge in [-0.25, -0.2) is 0 Å². The molecule has 2 aromatic rings. The molecule has 2 aliphatic rings. The molecule has 1 saturated heterocycles. The molecule has 5 heteroatoms. The zero-order valence-corrected chi connectivity index (χ0v) is 12.2. The quantitative estimate of drug-likeness (QED) is 0.880. The third-order valence-electron chi connectivity index (χ3n) is 4.68. The van der Waals surface area contributed by atoms with Crippen LogP contribution in [0.5, 0.6) is 0 Å². The lowest BCUT2D eigenvalue weighted by Gasteiger charge is -2.29. The second-order valence-electron chi connectivity index (χ2n) is 6.03. The average Bonchev–Trinajstić information content (AvgIpc) is 3.16. The summed E-state index contributed by atoms with van der Waals surface area (Å²) in [5, 5.41) is 11.5. The van der Waals surface area contributed by atoms with Gasteiger partial charge in [-0.3, -0.25) is 9.78 Å². The van der Waals surface area contributed by atoms with Crippen molar-refractivity contribution in [2.45, 2.75) is 18.4 Å². The third kappa shape index (κ3) is 2.10. The predicted molar refractivity (Wildman–Crippen MR) is 80.3 cm³/mol. The van der Waals surface area contributed by atoms with E-state index < -0.39 is 5.60 Å². The van der Waals surface area contributed by atoms with Crippen molar-refractivity contribution in [3.8, 4) is 0 Å². The molecule has 2 fully saturated rings. The molecule has 4 nitrogen and oxygen atoms in total. The number of aliphatic hydroxyl groups is 1. The number of fused-ring (bicyclic) bond motifs is 2. The van der Waals surface area contributed by atoms with E-state index >= 15 is 0 Å². The normalized spacial score (nSPS) is 27.5. The maximum Gasteiger partial charge on any atom is 0.254 e. The molecule has 4 rings (SSSR count). The topological polar surface area (TPSA) is 53.4 Å². The van der Waals surface area contributed by atoms with Crippen LogP contribution in [0.2, 0.25) is 5.02 Å². The van der Waals surface area contributed by atoms with E-state index in [9.17, 15) is 9.90 Å². The highest BCUT2D eigenvalue weighted by molar-refractivity contribution is 6.31. The molecule has 0 bridgehead atoms. The van der Waals surface area contributed by atoms with Crippen LogP contribution in [0.25, 0.3) is 10.9 Å². The van der Waals surface area contributed by atoms with E-state index in [1.807, 2.05) is 11.0 Å². The van der Waals surface area contributed by atoms with E-state index in [-0.39, 0.29) is 11.8 Å². The minimum absolute atomic E-state index is 0.0127. The summed E-state index contributed by atoms with van der Waals surface area (Å²) in [6.07, 6.45) is 3.14. The van der Waals surface area contributed by atoms with Gasteiger partial charge in [0.2, 0.25) is 0 Å². The zero-order chi connectivity index (χ0) is 14.6. The molecule has 2 heterocycles. The number of pyridine rings is 1. The van der Waals surface area contributed by atoms with Gasteiger partial charge in [0.15, 0.2) is 0 Å². The lowest BCUT2D eigenvalue weighted by atomic mass is 10.0. The summed E-state index contributed by atoms with van der Waals surface area (Å²) in [6.45, 7) is 1.26. The van der Waals surface area contributed by atoms with Crippen LogP contribution in [-0.2, 0) is 0 Å². The maximum atomic E-state index is 12.8. The van der Waals surface area contributed by atoms with Gasteiger partial charge in [-0.1, -0.05) is 17.7 Å². The number of carbonyl (C=O) groups is 1. The van der Waals surface area contributed by atoms with Gasteiger partial charge >= 0.3 is 0 Å². The summed E-state index contributed by atoms with van der Waals surface area (Å²) in [7, 11) is 0. The van der Waals surface area contributed by atoms with Crippen molar-refractivity contribution < 1.29 is 9.90 Å². The lowest BCUT2D eigenvalue weighted by Crippen LogP contribution is -2.41. The van der Waals surface area contributed by atoms with Crippen LogP contribution in [0, 0.1) is 5.92 Å². The molecule has 1 N–H and O–H groups in total. The number of piperidine rings is 1. The Hall–Kier alpha value is -1.65. The molecule has 21 heavy (non-hydrogen) atoms. The lowest BCUT2D eigenvalue weighted by molar-refractivity contribution is 0.0484. The summed E-state index contributed by atoms with van der Waals surface area (Å²) >= 11 is 5.98. The number of halogens is 1. The Balaban J connectivity index is 1.68. The highest BCUT2D eigenvalue weighted by atomic mass is 35.5. The van der Waals surface area contributed by atoms with Crippen LogP contribution in [0.15, 0.2) is 30.5 Å². The molecule has 2 atom stereocenters. The Morgan fingerprint density at radius 1 is 1.43 bits per heavy atom. The summed E-state index contributed by atoms with van der Waals surface area (Å²) in [5.74, 6) is 0.261. The SMILES string of the molecule is O=C(c1ccnc2cc(Cl)ccc12)N1CC[C@@]2(O)C[C@H]2C1. The first-order valence-electron chi connectivity index (χ1n) is 7.13. The average molecular weight is 303 g/mol. The number of hydrogen-bond donors (Lipinski definition) is 1. The standard InChI is InChI=1S/C16H15ClN2O2/c17-11-1-2-12-13(3-5-18-14(12)7-11)15(20)19-6-4-16(21)8-10(16)9-19/h1-3,5,7,10,21H,4,6,8-9H2/t10-,16+/m0/s1. The van der Waals surface area contributed by atoms with Gasteiger partial charge < -0.3 is 10.0 Å². The molecular formula is C16H15ClN2O2. The first-order valence-corrected chi connectivity index (χ1v) is 7.50. The summed E-state index contributed by atoms with van der Waals surface area (Å²) in [6, 6.07) is 7.14. The number of carbonyl (C=O) groups excluding carboxylic acids is 1. The molecular weight excluding hydrogens is 288 g/mol. The molecule has 1 amide bonds. The van der Waals surface area contributed by atoms with Crippen LogP contribution in [-0.4, -0.2) is 39.6 Å². The first kappa shape index (κ1) is 13.0. The van der Waals surface area contributed by atoms with E-state index in [2.05, 4.69) is 4.98 Å². The molecule has 108 valence electrons. The highest BCUT2D eigenvalue weighted by Gasteiger charge is 2.56. The number of rotatable bonds is 1. The number of amides is 1. The Bertz CT molecular complexity index is 748. The Morgan fingerprint density at radius 3 is 3.10 bits per heavy atom. The molecule has 1 aromatic carbocycles. The highest BCUT2D eigenvalue weighted by Crippen LogP contribution is 2.49. The fourth-order valence-corrected chi connectivity index (χ4v) is 3.42. The molecule has 0 unspecified atom stereocenters. The van der Waals surface area contributed by atoms with Gasteiger partial charge in [0.1, 0.15) is 0 Å². The molecule has 1 aliphatic heterocycles. The van der Waals surface area contributed by atoms with Crippen molar-refractivity contribution in [1.29, 1.82) is 0 Å². The van der Waals surface area contributed by atoms with Crippen molar-refractivity contribution >= 4 is 28.4 Å².